The fourth-order valence-corrected chi connectivity index (χ4v) is 3.66. The van der Waals surface area contributed by atoms with E-state index in [1.54, 1.807) is 12.4 Å². The Labute approximate surface area is 172 Å². The van der Waals surface area contributed by atoms with Crippen LogP contribution in [0.3, 0.4) is 0 Å². The number of benzene rings is 2. The average Bonchev–Trinajstić information content (AvgIpc) is 2.83. The van der Waals surface area contributed by atoms with E-state index in [1.165, 1.54) is 0 Å². The topological polar surface area (TPSA) is 64.5 Å². The van der Waals surface area contributed by atoms with Crippen molar-refractivity contribution in [3.05, 3.63) is 91.4 Å². The maximum atomic E-state index is 4.82. The van der Waals surface area contributed by atoms with Crippen molar-refractivity contribution in [3.63, 3.8) is 0 Å². The highest BCUT2D eigenvalue weighted by atomic mass is 14.8. The third kappa shape index (κ3) is 2.84. The molecule has 0 bridgehead atoms. The summed E-state index contributed by atoms with van der Waals surface area (Å²) in [6.07, 6.45) is 5.38. The molecule has 5 nitrogen and oxygen atoms in total. The Balaban J connectivity index is 1.41. The van der Waals surface area contributed by atoms with Gasteiger partial charge in [-0.3, -0.25) is 9.97 Å². The number of nitrogens with zero attached hydrogens (tertiary/aromatic N) is 5. The summed E-state index contributed by atoms with van der Waals surface area (Å²) in [7, 11) is 0. The highest BCUT2D eigenvalue weighted by molar-refractivity contribution is 5.86. The molecule has 0 aliphatic rings. The summed E-state index contributed by atoms with van der Waals surface area (Å²) in [5, 5.41) is 2.11. The zero-order valence-electron chi connectivity index (χ0n) is 15.9. The van der Waals surface area contributed by atoms with Gasteiger partial charge in [0.25, 0.3) is 0 Å². The van der Waals surface area contributed by atoms with Crippen molar-refractivity contribution >= 4 is 33.0 Å². The van der Waals surface area contributed by atoms with Crippen molar-refractivity contribution < 1.29 is 0 Å². The Kier molecular flexibility index (Phi) is 3.71. The van der Waals surface area contributed by atoms with E-state index in [-0.39, 0.29) is 0 Å². The second-order valence-electron chi connectivity index (χ2n) is 7.12. The van der Waals surface area contributed by atoms with Crippen LogP contribution in [0.15, 0.2) is 91.4 Å². The van der Waals surface area contributed by atoms with Crippen molar-refractivity contribution in [2.45, 2.75) is 0 Å². The van der Waals surface area contributed by atoms with E-state index in [0.29, 0.717) is 0 Å². The van der Waals surface area contributed by atoms with E-state index in [2.05, 4.69) is 32.1 Å². The first kappa shape index (κ1) is 16.7. The first-order valence-electron chi connectivity index (χ1n) is 9.68. The van der Waals surface area contributed by atoms with E-state index < -0.39 is 0 Å². The molecule has 140 valence electrons. The molecule has 0 aliphatic heterocycles. The zero-order valence-corrected chi connectivity index (χ0v) is 15.9. The lowest BCUT2D eigenvalue weighted by molar-refractivity contribution is 1.28. The van der Waals surface area contributed by atoms with Gasteiger partial charge < -0.3 is 0 Å². The number of pyridine rings is 3. The summed E-state index contributed by atoms with van der Waals surface area (Å²) in [6.45, 7) is 0. The molecule has 30 heavy (non-hydrogen) atoms. The van der Waals surface area contributed by atoms with Crippen LogP contribution in [0.25, 0.3) is 55.5 Å². The van der Waals surface area contributed by atoms with Crippen LogP contribution in [0.5, 0.6) is 0 Å². The second kappa shape index (κ2) is 6.67. The summed E-state index contributed by atoms with van der Waals surface area (Å²) in [6, 6.07) is 24.2. The van der Waals surface area contributed by atoms with Gasteiger partial charge in [-0.15, -0.1) is 0 Å². The molecular formula is C25H15N5. The minimum atomic E-state index is 0.738. The highest BCUT2D eigenvalue weighted by Crippen LogP contribution is 2.26. The van der Waals surface area contributed by atoms with Gasteiger partial charge in [0, 0.05) is 34.3 Å². The van der Waals surface area contributed by atoms with Gasteiger partial charge in [0.1, 0.15) is 0 Å². The smallest absolute Gasteiger partial charge is 0.159 e. The molecule has 0 N–H and O–H groups in total. The van der Waals surface area contributed by atoms with Gasteiger partial charge in [-0.25, -0.2) is 15.0 Å². The van der Waals surface area contributed by atoms with Gasteiger partial charge in [-0.2, -0.15) is 0 Å². The molecular weight excluding hydrogens is 370 g/mol. The molecule has 0 saturated carbocycles. The van der Waals surface area contributed by atoms with Gasteiger partial charge in [-0.05, 0) is 54.6 Å². The molecule has 0 radical (unpaired) electrons. The normalized spacial score (nSPS) is 11.3. The molecule has 4 aromatic heterocycles. The number of fused-ring (bicyclic) bond motifs is 3. The van der Waals surface area contributed by atoms with Crippen LogP contribution in [0.4, 0.5) is 0 Å². The molecule has 0 atom stereocenters. The van der Waals surface area contributed by atoms with Crippen molar-refractivity contribution in [2.75, 3.05) is 0 Å². The lowest BCUT2D eigenvalue weighted by atomic mass is 10.1. The monoisotopic (exact) mass is 385 g/mol. The predicted octanol–water partition coefficient (Wildman–Crippen LogP) is 5.46. The first-order valence-corrected chi connectivity index (χ1v) is 9.68. The van der Waals surface area contributed by atoms with Crippen LogP contribution in [0, 0.1) is 0 Å². The van der Waals surface area contributed by atoms with Crippen molar-refractivity contribution in [2.24, 2.45) is 0 Å². The van der Waals surface area contributed by atoms with E-state index in [1.807, 2.05) is 66.9 Å². The van der Waals surface area contributed by atoms with Crippen LogP contribution in [-0.4, -0.2) is 24.9 Å². The van der Waals surface area contributed by atoms with Crippen LogP contribution in [0.1, 0.15) is 0 Å². The van der Waals surface area contributed by atoms with Crippen molar-refractivity contribution in [1.82, 2.24) is 24.9 Å². The van der Waals surface area contributed by atoms with Gasteiger partial charge in [0.2, 0.25) is 0 Å². The maximum absolute atomic E-state index is 4.82. The molecule has 0 unspecified atom stereocenters. The highest BCUT2D eigenvalue weighted by Gasteiger charge is 2.08. The van der Waals surface area contributed by atoms with Crippen molar-refractivity contribution in [3.8, 4) is 22.5 Å². The lowest BCUT2D eigenvalue weighted by Crippen LogP contribution is -1.91. The number of hydrogen-bond acceptors (Lipinski definition) is 5. The summed E-state index contributed by atoms with van der Waals surface area (Å²) < 4.78 is 0. The molecule has 6 aromatic rings. The van der Waals surface area contributed by atoms with E-state index in [4.69, 9.17) is 4.98 Å². The quantitative estimate of drug-likeness (QED) is 0.396. The first-order chi connectivity index (χ1) is 14.8. The molecule has 2 aromatic carbocycles. The third-order valence-electron chi connectivity index (χ3n) is 5.20. The van der Waals surface area contributed by atoms with Gasteiger partial charge in [0.15, 0.2) is 5.65 Å². The Bertz CT molecular complexity index is 1440. The summed E-state index contributed by atoms with van der Waals surface area (Å²) in [5.74, 6) is 0. The minimum Gasteiger partial charge on any atom is -0.256 e. The Morgan fingerprint density at radius 1 is 0.500 bits per heavy atom. The van der Waals surface area contributed by atoms with E-state index in [9.17, 15) is 0 Å². The molecule has 0 aliphatic carbocycles. The fourth-order valence-electron chi connectivity index (χ4n) is 3.66. The number of hydrogen-bond donors (Lipinski definition) is 0. The Hall–Kier alpha value is -4.25. The SMILES string of the molecule is c1cnc2ccc(-c3cnc4cc(-c5ccc6cccnc6n5)ccc4n3)cc2c1. The molecule has 4 heterocycles. The van der Waals surface area contributed by atoms with E-state index >= 15 is 0 Å². The standard InChI is InChI=1S/C25H15N5/c1-3-16-5-9-21(30-25(16)27-12-1)19-7-10-22-23(14-19)28-15-24(29-22)18-6-8-20-17(13-18)4-2-11-26-20/h1-15H. The van der Waals surface area contributed by atoms with Crippen LogP contribution < -0.4 is 0 Å². The minimum absolute atomic E-state index is 0.738. The molecule has 5 heteroatoms. The van der Waals surface area contributed by atoms with Gasteiger partial charge in [0.05, 0.1) is 34.1 Å². The number of aromatic nitrogens is 5. The summed E-state index contributed by atoms with van der Waals surface area (Å²) >= 11 is 0. The maximum Gasteiger partial charge on any atom is 0.159 e. The van der Waals surface area contributed by atoms with Gasteiger partial charge >= 0.3 is 0 Å². The summed E-state index contributed by atoms with van der Waals surface area (Å²) in [5.41, 5.74) is 7.12. The van der Waals surface area contributed by atoms with Crippen molar-refractivity contribution in [1.29, 1.82) is 0 Å². The Morgan fingerprint density at radius 3 is 2.23 bits per heavy atom. The fraction of sp³-hybridized carbons (Fsp3) is 0. The molecule has 0 fully saturated rings. The van der Waals surface area contributed by atoms with Crippen LogP contribution in [0.2, 0.25) is 0 Å². The number of rotatable bonds is 2. The second-order valence-corrected chi connectivity index (χ2v) is 7.12. The lowest BCUT2D eigenvalue weighted by Gasteiger charge is -2.07. The molecule has 0 saturated heterocycles. The zero-order chi connectivity index (χ0) is 19.9. The predicted molar refractivity (Wildman–Crippen MR) is 119 cm³/mol. The van der Waals surface area contributed by atoms with Gasteiger partial charge in [-0.1, -0.05) is 18.2 Å². The third-order valence-corrected chi connectivity index (χ3v) is 5.20. The molecule has 0 amide bonds. The Morgan fingerprint density at radius 2 is 1.30 bits per heavy atom. The molecule has 0 spiro atoms. The largest absolute Gasteiger partial charge is 0.256 e. The molecule has 6 rings (SSSR count). The van der Waals surface area contributed by atoms with E-state index in [0.717, 1.165) is 55.5 Å². The average molecular weight is 385 g/mol. The van der Waals surface area contributed by atoms with Crippen LogP contribution in [-0.2, 0) is 0 Å². The summed E-state index contributed by atoms with van der Waals surface area (Å²) in [4.78, 5) is 22.9. The van der Waals surface area contributed by atoms with Crippen LogP contribution >= 0.6 is 0 Å².